The maximum absolute atomic E-state index is 9.40. The van der Waals surface area contributed by atoms with Crippen molar-refractivity contribution >= 4 is 12.6 Å². The van der Waals surface area contributed by atoms with Gasteiger partial charge in [0.1, 0.15) is 12.6 Å². The molecule has 0 saturated heterocycles. The molecule has 78 valence electrons. The molecule has 0 aliphatic heterocycles. The molecule has 0 aromatic carbocycles. The van der Waals surface area contributed by atoms with Crippen LogP contribution in [0.15, 0.2) is 0 Å². The Hall–Kier alpha value is -0.780. The fraction of sp³-hybridized carbons (Fsp3) is 0.750. The summed E-state index contributed by atoms with van der Waals surface area (Å²) in [6, 6.07) is 0. The van der Waals surface area contributed by atoms with Gasteiger partial charge in [0.05, 0.1) is 26.4 Å². The summed E-state index contributed by atoms with van der Waals surface area (Å²) in [5, 5.41) is 16.2. The fourth-order valence-corrected chi connectivity index (χ4v) is 0.367. The highest BCUT2D eigenvalue weighted by Crippen LogP contribution is 1.72. The van der Waals surface area contributed by atoms with E-state index in [2.05, 4.69) is 4.74 Å². The molecule has 0 aromatic rings. The quantitative estimate of drug-likeness (QED) is 0.405. The molecule has 0 radical (unpaired) electrons. The van der Waals surface area contributed by atoms with E-state index >= 15 is 0 Å². The summed E-state index contributed by atoms with van der Waals surface area (Å²) in [5.74, 6) is 0. The van der Waals surface area contributed by atoms with Crippen LogP contribution in [-0.4, -0.2) is 49.2 Å². The Morgan fingerprint density at radius 3 is 1.54 bits per heavy atom. The maximum atomic E-state index is 9.40. The van der Waals surface area contributed by atoms with Gasteiger partial charge in [0.15, 0.2) is 0 Å². The van der Waals surface area contributed by atoms with Crippen molar-refractivity contribution in [3.05, 3.63) is 0 Å². The van der Waals surface area contributed by atoms with Crippen LogP contribution in [0.5, 0.6) is 0 Å². The van der Waals surface area contributed by atoms with Crippen molar-refractivity contribution in [2.24, 2.45) is 0 Å². The molecular weight excluding hydrogens is 176 g/mol. The second kappa shape index (κ2) is 17.3. The van der Waals surface area contributed by atoms with E-state index in [4.69, 9.17) is 10.2 Å². The van der Waals surface area contributed by atoms with E-state index in [-0.39, 0.29) is 13.2 Å². The van der Waals surface area contributed by atoms with Crippen LogP contribution in [0, 0.1) is 0 Å². The summed E-state index contributed by atoms with van der Waals surface area (Å²) >= 11 is 0. The van der Waals surface area contributed by atoms with Crippen LogP contribution < -0.4 is 0 Å². The Morgan fingerprint density at radius 1 is 0.923 bits per heavy atom. The Morgan fingerprint density at radius 2 is 1.31 bits per heavy atom. The van der Waals surface area contributed by atoms with Gasteiger partial charge in [-0.2, -0.15) is 0 Å². The Kier molecular flexibility index (Phi) is 19.7. The summed E-state index contributed by atoms with van der Waals surface area (Å²) in [6.07, 6.45) is 2.19. The Labute approximate surface area is 77.3 Å². The van der Waals surface area contributed by atoms with E-state index in [0.717, 1.165) is 12.6 Å². The van der Waals surface area contributed by atoms with Gasteiger partial charge >= 0.3 is 0 Å². The number of rotatable bonds is 7. The number of carbonyl (C=O) groups is 2. The second-order valence-electron chi connectivity index (χ2n) is 1.97. The van der Waals surface area contributed by atoms with E-state index < -0.39 is 0 Å². The maximum Gasteiger partial charge on any atom is 0.120 e. The number of ether oxygens (including phenoxy) is 1. The predicted octanol–water partition coefficient (Wildman–Crippen LogP) is -0.848. The fourth-order valence-electron chi connectivity index (χ4n) is 0.367. The highest BCUT2D eigenvalue weighted by molar-refractivity contribution is 5.58. The first-order valence-corrected chi connectivity index (χ1v) is 4.00. The highest BCUT2D eigenvalue weighted by Gasteiger charge is 1.79. The van der Waals surface area contributed by atoms with Gasteiger partial charge in [-0.1, -0.05) is 0 Å². The molecule has 0 amide bonds. The minimum atomic E-state index is 0.0278. The van der Waals surface area contributed by atoms with Crippen molar-refractivity contribution in [2.45, 2.75) is 12.8 Å². The number of carbonyl (C=O) groups excluding carboxylic acids is 2. The van der Waals surface area contributed by atoms with Crippen molar-refractivity contribution in [2.75, 3.05) is 26.4 Å². The van der Waals surface area contributed by atoms with E-state index in [1.807, 2.05) is 0 Å². The van der Waals surface area contributed by atoms with Crippen LogP contribution in [0.25, 0.3) is 0 Å². The summed E-state index contributed by atoms with van der Waals surface area (Å²) in [7, 11) is 0. The average molecular weight is 192 g/mol. The summed E-state index contributed by atoms with van der Waals surface area (Å²) in [5.41, 5.74) is 0. The van der Waals surface area contributed by atoms with Gasteiger partial charge in [0.25, 0.3) is 0 Å². The minimum Gasteiger partial charge on any atom is -0.394 e. The molecule has 5 heteroatoms. The number of aliphatic hydroxyl groups excluding tert-OH is 2. The van der Waals surface area contributed by atoms with Crippen molar-refractivity contribution in [3.8, 4) is 0 Å². The molecule has 0 fully saturated rings. The van der Waals surface area contributed by atoms with Crippen LogP contribution in [0.4, 0.5) is 0 Å². The van der Waals surface area contributed by atoms with Crippen LogP contribution in [0.1, 0.15) is 12.8 Å². The van der Waals surface area contributed by atoms with Gasteiger partial charge in [-0.3, -0.25) is 0 Å². The van der Waals surface area contributed by atoms with Gasteiger partial charge in [0.2, 0.25) is 0 Å². The molecule has 0 unspecified atom stereocenters. The van der Waals surface area contributed by atoms with Crippen molar-refractivity contribution in [1.82, 2.24) is 0 Å². The highest BCUT2D eigenvalue weighted by atomic mass is 16.5. The third-order valence-electron chi connectivity index (χ3n) is 0.874. The normalized spacial score (nSPS) is 8.46. The zero-order chi connectivity index (χ0) is 10.4. The molecule has 0 aliphatic carbocycles. The van der Waals surface area contributed by atoms with E-state index in [9.17, 15) is 9.59 Å². The summed E-state index contributed by atoms with van der Waals surface area (Å²) < 4.78 is 4.63. The third-order valence-corrected chi connectivity index (χ3v) is 0.874. The van der Waals surface area contributed by atoms with Gasteiger partial charge < -0.3 is 24.5 Å². The van der Waals surface area contributed by atoms with Crippen LogP contribution >= 0.6 is 0 Å². The van der Waals surface area contributed by atoms with Gasteiger partial charge in [-0.15, -0.1) is 0 Å². The smallest absolute Gasteiger partial charge is 0.120 e. The largest absolute Gasteiger partial charge is 0.394 e. The molecule has 0 atom stereocenters. The molecule has 2 N–H and O–H groups in total. The lowest BCUT2D eigenvalue weighted by molar-refractivity contribution is -0.112. The third kappa shape index (κ3) is 24.7. The molecule has 13 heavy (non-hydrogen) atoms. The summed E-state index contributed by atoms with van der Waals surface area (Å²) in [6.45, 7) is 0.696. The van der Waals surface area contributed by atoms with E-state index in [1.165, 1.54) is 0 Å². The lowest BCUT2D eigenvalue weighted by Gasteiger charge is -1.94. The zero-order valence-electron chi connectivity index (χ0n) is 7.52. The molecular formula is C8H16O5. The molecule has 0 spiro atoms. The Bertz CT molecular complexity index is 92.7. The monoisotopic (exact) mass is 192 g/mol. The molecule has 0 aliphatic rings. The lowest BCUT2D eigenvalue weighted by atomic mass is 10.4. The van der Waals surface area contributed by atoms with Crippen LogP contribution in [0.2, 0.25) is 0 Å². The second-order valence-corrected chi connectivity index (χ2v) is 1.97. The van der Waals surface area contributed by atoms with Gasteiger partial charge in [-0.25, -0.2) is 0 Å². The van der Waals surface area contributed by atoms with Gasteiger partial charge in [0, 0.05) is 12.8 Å². The minimum absolute atomic E-state index is 0.0278. The number of aliphatic hydroxyl groups is 2. The molecule has 0 aromatic heterocycles. The number of unbranched alkanes of at least 4 members (excludes halogenated alkanes) is 1. The average Bonchev–Trinajstić information content (AvgIpc) is 2.17. The zero-order valence-corrected chi connectivity index (χ0v) is 7.52. The summed E-state index contributed by atoms with van der Waals surface area (Å²) in [4.78, 5) is 18.8. The van der Waals surface area contributed by atoms with Crippen molar-refractivity contribution in [1.29, 1.82) is 0 Å². The van der Waals surface area contributed by atoms with Crippen LogP contribution in [0.3, 0.4) is 0 Å². The topological polar surface area (TPSA) is 83.8 Å². The molecule has 0 saturated carbocycles. The predicted molar refractivity (Wildman–Crippen MR) is 46.4 cm³/mol. The van der Waals surface area contributed by atoms with E-state index in [0.29, 0.717) is 26.1 Å². The molecule has 0 bridgehead atoms. The first kappa shape index (κ1) is 14.7. The number of hydrogen-bond acceptors (Lipinski definition) is 5. The lowest BCUT2D eigenvalue weighted by Crippen LogP contribution is -2.03. The Balaban J connectivity index is 0. The molecule has 0 heterocycles. The standard InChI is InChI=1S/C4H10O3.C4H6O2/c5-1-3-7-4-2-6;5-3-1-2-4-6/h5-6H,1-4H2;3-4H,1-2H2. The SMILES string of the molecule is O=CCCC=O.OCCOCCO. The van der Waals surface area contributed by atoms with E-state index in [1.54, 1.807) is 0 Å². The van der Waals surface area contributed by atoms with Crippen molar-refractivity contribution in [3.63, 3.8) is 0 Å². The van der Waals surface area contributed by atoms with Crippen molar-refractivity contribution < 1.29 is 24.5 Å². The number of aldehydes is 2. The molecule has 0 rings (SSSR count). The van der Waals surface area contributed by atoms with Gasteiger partial charge in [-0.05, 0) is 0 Å². The first-order chi connectivity index (χ1) is 6.33. The molecule has 5 nitrogen and oxygen atoms in total. The number of hydrogen-bond donors (Lipinski definition) is 2. The first-order valence-electron chi connectivity index (χ1n) is 4.00. The van der Waals surface area contributed by atoms with Crippen LogP contribution in [-0.2, 0) is 14.3 Å².